The van der Waals surface area contributed by atoms with Gasteiger partial charge in [0, 0.05) is 0 Å². The zero-order chi connectivity index (χ0) is 10.3. The lowest BCUT2D eigenvalue weighted by Gasteiger charge is -2.36. The first-order valence-corrected chi connectivity index (χ1v) is 3.38. The predicted molar refractivity (Wildman–Crippen MR) is 41.2 cm³/mol. The highest BCUT2D eigenvalue weighted by molar-refractivity contribution is 5.90. The molecule has 0 bridgehead atoms. The van der Waals surface area contributed by atoms with Crippen LogP contribution in [0.1, 0.15) is 0 Å². The molecule has 0 saturated carbocycles. The Morgan fingerprint density at radius 2 is 1.92 bits per heavy atom. The Kier molecular flexibility index (Phi) is 2.01. The first kappa shape index (κ1) is 9.87. The summed E-state index contributed by atoms with van der Waals surface area (Å²) in [5.74, 6) is -4.28. The Morgan fingerprint density at radius 3 is 2.31 bits per heavy atom. The van der Waals surface area contributed by atoms with Gasteiger partial charge in [0.25, 0.3) is 0 Å². The van der Waals surface area contributed by atoms with Crippen molar-refractivity contribution in [1.29, 1.82) is 0 Å². The van der Waals surface area contributed by atoms with Gasteiger partial charge in [-0.2, -0.15) is 0 Å². The van der Waals surface area contributed by atoms with Gasteiger partial charge in [-0.3, -0.25) is 5.73 Å². The molecule has 6 nitrogen and oxygen atoms in total. The molecule has 13 heavy (non-hydrogen) atoms. The summed E-state index contributed by atoms with van der Waals surface area (Å²) >= 11 is 0. The fraction of sp³-hybridized carbons (Fsp3) is 0.286. The summed E-state index contributed by atoms with van der Waals surface area (Å²) in [5, 5.41) is 36.1. The molecule has 0 amide bonds. The first-order chi connectivity index (χ1) is 5.79. The Labute approximate surface area is 73.2 Å². The van der Waals surface area contributed by atoms with E-state index in [1.165, 1.54) is 0 Å². The lowest BCUT2D eigenvalue weighted by Crippen LogP contribution is -2.63. The van der Waals surface area contributed by atoms with Crippen molar-refractivity contribution in [2.24, 2.45) is 5.73 Å². The minimum atomic E-state index is -2.77. The monoisotopic (exact) mass is 187 g/mol. The van der Waals surface area contributed by atoms with Gasteiger partial charge in [-0.05, 0) is 12.2 Å². The highest BCUT2D eigenvalue weighted by Gasteiger charge is 2.50. The van der Waals surface area contributed by atoms with Gasteiger partial charge in [-0.1, -0.05) is 6.08 Å². The van der Waals surface area contributed by atoms with Crippen LogP contribution < -0.4 is 5.73 Å². The Hall–Kier alpha value is -1.21. The average molecular weight is 187 g/mol. The third-order valence-corrected chi connectivity index (χ3v) is 1.79. The Bertz CT molecular complexity index is 302. The third-order valence-electron chi connectivity index (χ3n) is 1.79. The molecule has 0 spiro atoms. The van der Waals surface area contributed by atoms with Gasteiger partial charge in [0.2, 0.25) is 11.5 Å². The number of allylic oxidation sites excluding steroid dienone is 2. The summed E-state index contributed by atoms with van der Waals surface area (Å²) in [6.07, 6.45) is 2.87. The maximum absolute atomic E-state index is 10.5. The van der Waals surface area contributed by atoms with Gasteiger partial charge in [0.15, 0.2) is 0 Å². The molecule has 1 unspecified atom stereocenters. The zero-order valence-electron chi connectivity index (χ0n) is 6.51. The van der Waals surface area contributed by atoms with Crippen molar-refractivity contribution in [2.45, 2.75) is 11.5 Å². The molecule has 72 valence electrons. The quantitative estimate of drug-likeness (QED) is 0.299. The summed E-state index contributed by atoms with van der Waals surface area (Å²) in [6, 6.07) is 0. The molecular weight excluding hydrogens is 178 g/mol. The van der Waals surface area contributed by atoms with Gasteiger partial charge < -0.3 is 20.4 Å². The van der Waals surface area contributed by atoms with Crippen LogP contribution in [-0.4, -0.2) is 37.9 Å². The minimum Gasteiger partial charge on any atom is -0.478 e. The second-order valence-electron chi connectivity index (χ2n) is 2.74. The van der Waals surface area contributed by atoms with Crippen LogP contribution in [0, 0.1) is 0 Å². The first-order valence-electron chi connectivity index (χ1n) is 3.38. The largest absolute Gasteiger partial charge is 0.478 e. The fourth-order valence-corrected chi connectivity index (χ4v) is 0.965. The molecule has 0 aliphatic heterocycles. The molecule has 0 aromatic heterocycles. The van der Waals surface area contributed by atoms with Gasteiger partial charge in [0.05, 0.1) is 5.57 Å². The summed E-state index contributed by atoms with van der Waals surface area (Å²) < 4.78 is 0. The van der Waals surface area contributed by atoms with Crippen molar-refractivity contribution >= 4 is 5.97 Å². The molecule has 0 saturated heterocycles. The van der Waals surface area contributed by atoms with E-state index in [4.69, 9.17) is 21.1 Å². The summed E-state index contributed by atoms with van der Waals surface area (Å²) in [5.41, 5.74) is 1.67. The summed E-state index contributed by atoms with van der Waals surface area (Å²) in [7, 11) is 0. The number of hydrogen-bond acceptors (Lipinski definition) is 5. The minimum absolute atomic E-state index is 0.681. The van der Waals surface area contributed by atoms with E-state index in [-0.39, 0.29) is 0 Å². The maximum Gasteiger partial charge on any atom is 0.336 e. The number of aliphatic hydroxyl groups is 3. The number of hydrogen-bond donors (Lipinski definition) is 5. The fourth-order valence-electron chi connectivity index (χ4n) is 0.965. The van der Waals surface area contributed by atoms with Gasteiger partial charge in [0.1, 0.15) is 0 Å². The number of nitrogens with two attached hydrogens (primary N) is 1. The normalized spacial score (nSPS) is 31.2. The second kappa shape index (κ2) is 2.64. The summed E-state index contributed by atoms with van der Waals surface area (Å²) in [4.78, 5) is 10.5. The van der Waals surface area contributed by atoms with Crippen molar-refractivity contribution in [2.75, 3.05) is 0 Å². The van der Waals surface area contributed by atoms with Crippen LogP contribution in [0.25, 0.3) is 0 Å². The zero-order valence-corrected chi connectivity index (χ0v) is 6.51. The molecule has 1 aliphatic carbocycles. The van der Waals surface area contributed by atoms with Gasteiger partial charge in [-0.25, -0.2) is 4.79 Å². The number of carboxylic acids is 1. The van der Waals surface area contributed by atoms with E-state index in [0.29, 0.717) is 0 Å². The van der Waals surface area contributed by atoms with Gasteiger partial charge in [-0.15, -0.1) is 0 Å². The van der Waals surface area contributed by atoms with Gasteiger partial charge >= 0.3 is 5.97 Å². The molecule has 0 fully saturated rings. The molecule has 0 aromatic carbocycles. The maximum atomic E-state index is 10.5. The van der Waals surface area contributed by atoms with Crippen molar-refractivity contribution in [3.05, 3.63) is 23.8 Å². The Morgan fingerprint density at radius 1 is 1.38 bits per heavy atom. The third kappa shape index (κ3) is 1.36. The van der Waals surface area contributed by atoms with Crippen molar-refractivity contribution in [3.8, 4) is 0 Å². The van der Waals surface area contributed by atoms with Crippen LogP contribution in [0.4, 0.5) is 0 Å². The van der Waals surface area contributed by atoms with E-state index in [9.17, 15) is 9.90 Å². The molecule has 1 atom stereocenters. The molecule has 1 rings (SSSR count). The molecular formula is C7H9NO5. The van der Waals surface area contributed by atoms with E-state index in [2.05, 4.69) is 0 Å². The highest BCUT2D eigenvalue weighted by atomic mass is 16.5. The SMILES string of the molecule is NC1(O)C(C(=O)O)=CC=CC1(O)O. The van der Waals surface area contributed by atoms with Crippen LogP contribution in [0.2, 0.25) is 0 Å². The molecule has 0 radical (unpaired) electrons. The molecule has 6 N–H and O–H groups in total. The smallest absolute Gasteiger partial charge is 0.336 e. The topological polar surface area (TPSA) is 124 Å². The Balaban J connectivity index is 3.19. The number of aliphatic carboxylic acids is 1. The lowest BCUT2D eigenvalue weighted by molar-refractivity contribution is -0.228. The van der Waals surface area contributed by atoms with Crippen LogP contribution in [-0.2, 0) is 4.79 Å². The van der Waals surface area contributed by atoms with Crippen LogP contribution >= 0.6 is 0 Å². The van der Waals surface area contributed by atoms with E-state index < -0.39 is 23.1 Å². The van der Waals surface area contributed by atoms with E-state index in [1.54, 1.807) is 0 Å². The average Bonchev–Trinajstić information content (AvgIpc) is 1.94. The van der Waals surface area contributed by atoms with Crippen molar-refractivity contribution in [1.82, 2.24) is 0 Å². The van der Waals surface area contributed by atoms with E-state index in [0.717, 1.165) is 18.2 Å². The molecule has 0 aromatic rings. The number of carbonyl (C=O) groups is 1. The highest BCUT2D eigenvalue weighted by Crippen LogP contribution is 2.27. The lowest BCUT2D eigenvalue weighted by atomic mass is 9.90. The number of carboxylic acid groups (broad SMARTS) is 1. The van der Waals surface area contributed by atoms with Crippen molar-refractivity contribution < 1.29 is 25.2 Å². The van der Waals surface area contributed by atoms with Crippen LogP contribution in [0.3, 0.4) is 0 Å². The van der Waals surface area contributed by atoms with Crippen molar-refractivity contribution in [3.63, 3.8) is 0 Å². The molecule has 0 heterocycles. The van der Waals surface area contributed by atoms with Crippen LogP contribution in [0.5, 0.6) is 0 Å². The molecule has 6 heteroatoms. The standard InChI is InChI=1S/C7H9NO5/c8-7(13)4(5(9)10)2-1-3-6(7,11)12/h1-3,11-13H,8H2,(H,9,10). The van der Waals surface area contributed by atoms with Crippen LogP contribution in [0.15, 0.2) is 23.8 Å². The van der Waals surface area contributed by atoms with E-state index >= 15 is 0 Å². The predicted octanol–water partition coefficient (Wildman–Crippen LogP) is -2.10. The van der Waals surface area contributed by atoms with E-state index in [1.807, 2.05) is 0 Å². The number of rotatable bonds is 1. The second-order valence-corrected chi connectivity index (χ2v) is 2.74. The summed E-state index contributed by atoms with van der Waals surface area (Å²) in [6.45, 7) is 0. The molecule has 1 aliphatic rings.